The van der Waals surface area contributed by atoms with Crippen LogP contribution in [0.1, 0.15) is 16.7 Å². The summed E-state index contributed by atoms with van der Waals surface area (Å²) < 4.78 is 10.6. The van der Waals surface area contributed by atoms with Crippen molar-refractivity contribution in [2.75, 3.05) is 19.5 Å². The number of anilines is 1. The van der Waals surface area contributed by atoms with Gasteiger partial charge in [0.25, 0.3) is 0 Å². The van der Waals surface area contributed by atoms with E-state index in [0.717, 1.165) is 23.7 Å². The summed E-state index contributed by atoms with van der Waals surface area (Å²) in [6.45, 7) is 4.98. The van der Waals surface area contributed by atoms with E-state index >= 15 is 0 Å². The van der Waals surface area contributed by atoms with Gasteiger partial charge in [-0.25, -0.2) is 0 Å². The molecule has 0 aliphatic carbocycles. The van der Waals surface area contributed by atoms with E-state index in [1.165, 1.54) is 16.7 Å². The van der Waals surface area contributed by atoms with Gasteiger partial charge in [-0.1, -0.05) is 29.3 Å². The molecule has 0 aliphatic heterocycles. The molecule has 0 saturated heterocycles. The van der Waals surface area contributed by atoms with Crippen LogP contribution in [0.2, 0.25) is 0 Å². The SMILES string of the molecule is COc1ccc(OC)c(NCc2cc(C)cc(C)c2)c1. The summed E-state index contributed by atoms with van der Waals surface area (Å²) in [4.78, 5) is 0. The van der Waals surface area contributed by atoms with E-state index < -0.39 is 0 Å². The molecule has 0 radical (unpaired) electrons. The Bertz CT molecular complexity index is 573. The first-order valence-corrected chi connectivity index (χ1v) is 6.65. The number of benzene rings is 2. The van der Waals surface area contributed by atoms with Crippen molar-refractivity contribution in [2.24, 2.45) is 0 Å². The van der Waals surface area contributed by atoms with E-state index in [4.69, 9.17) is 9.47 Å². The van der Waals surface area contributed by atoms with Crippen molar-refractivity contribution < 1.29 is 9.47 Å². The molecular weight excluding hydrogens is 250 g/mol. The van der Waals surface area contributed by atoms with Crippen LogP contribution in [0.3, 0.4) is 0 Å². The summed E-state index contributed by atoms with van der Waals surface area (Å²) in [5.41, 5.74) is 4.75. The second-order valence-electron chi connectivity index (χ2n) is 4.92. The third kappa shape index (κ3) is 3.44. The molecule has 0 fully saturated rings. The second-order valence-corrected chi connectivity index (χ2v) is 4.92. The van der Waals surface area contributed by atoms with Gasteiger partial charge in [-0.05, 0) is 31.5 Å². The molecule has 20 heavy (non-hydrogen) atoms. The van der Waals surface area contributed by atoms with E-state index in [2.05, 4.69) is 37.4 Å². The van der Waals surface area contributed by atoms with Crippen LogP contribution in [0.5, 0.6) is 11.5 Å². The number of aryl methyl sites for hydroxylation is 2. The van der Waals surface area contributed by atoms with Crippen LogP contribution in [0.25, 0.3) is 0 Å². The van der Waals surface area contributed by atoms with Crippen LogP contribution in [0.4, 0.5) is 5.69 Å². The Hall–Kier alpha value is -2.16. The minimum absolute atomic E-state index is 0.756. The van der Waals surface area contributed by atoms with Gasteiger partial charge in [0.15, 0.2) is 0 Å². The molecular formula is C17H21NO2. The summed E-state index contributed by atoms with van der Waals surface area (Å²) >= 11 is 0. The fourth-order valence-corrected chi connectivity index (χ4v) is 2.32. The molecule has 0 saturated carbocycles. The summed E-state index contributed by atoms with van der Waals surface area (Å²) in [6.07, 6.45) is 0. The van der Waals surface area contributed by atoms with Gasteiger partial charge in [0.05, 0.1) is 19.9 Å². The molecule has 2 rings (SSSR count). The third-order valence-corrected chi connectivity index (χ3v) is 3.17. The lowest BCUT2D eigenvalue weighted by molar-refractivity contribution is 0.404. The molecule has 3 heteroatoms. The molecule has 0 spiro atoms. The number of nitrogens with one attached hydrogen (secondary N) is 1. The lowest BCUT2D eigenvalue weighted by Crippen LogP contribution is -2.02. The Kier molecular flexibility index (Phi) is 4.51. The van der Waals surface area contributed by atoms with Crippen molar-refractivity contribution in [1.82, 2.24) is 0 Å². The molecule has 106 valence electrons. The van der Waals surface area contributed by atoms with Gasteiger partial charge in [0, 0.05) is 12.6 Å². The quantitative estimate of drug-likeness (QED) is 0.893. The molecule has 0 aliphatic rings. The highest BCUT2D eigenvalue weighted by molar-refractivity contribution is 5.60. The molecule has 0 aromatic heterocycles. The lowest BCUT2D eigenvalue weighted by Gasteiger charge is -2.13. The van der Waals surface area contributed by atoms with Crippen LogP contribution in [-0.2, 0) is 6.54 Å². The Balaban J connectivity index is 2.17. The molecule has 3 nitrogen and oxygen atoms in total. The smallest absolute Gasteiger partial charge is 0.142 e. The molecule has 0 atom stereocenters. The van der Waals surface area contributed by atoms with Gasteiger partial charge in [-0.2, -0.15) is 0 Å². The number of ether oxygens (including phenoxy) is 2. The standard InChI is InChI=1S/C17H21NO2/c1-12-7-13(2)9-14(8-12)11-18-16-10-15(19-3)5-6-17(16)20-4/h5-10,18H,11H2,1-4H3. The van der Waals surface area contributed by atoms with Crippen molar-refractivity contribution in [2.45, 2.75) is 20.4 Å². The fraction of sp³-hybridized carbons (Fsp3) is 0.294. The van der Waals surface area contributed by atoms with Gasteiger partial charge in [0.2, 0.25) is 0 Å². The van der Waals surface area contributed by atoms with Gasteiger partial charge < -0.3 is 14.8 Å². The molecule has 2 aromatic carbocycles. The highest BCUT2D eigenvalue weighted by atomic mass is 16.5. The summed E-state index contributed by atoms with van der Waals surface area (Å²) in [5.74, 6) is 1.63. The zero-order valence-corrected chi connectivity index (χ0v) is 12.5. The van der Waals surface area contributed by atoms with Crippen molar-refractivity contribution in [3.05, 3.63) is 53.1 Å². The van der Waals surface area contributed by atoms with Crippen molar-refractivity contribution in [3.63, 3.8) is 0 Å². The van der Waals surface area contributed by atoms with E-state index in [9.17, 15) is 0 Å². The normalized spacial score (nSPS) is 10.2. The Labute approximate surface area is 120 Å². The molecule has 0 unspecified atom stereocenters. The zero-order chi connectivity index (χ0) is 14.5. The largest absolute Gasteiger partial charge is 0.497 e. The number of hydrogen-bond acceptors (Lipinski definition) is 3. The van der Waals surface area contributed by atoms with Gasteiger partial charge in [0.1, 0.15) is 11.5 Å². The molecule has 0 bridgehead atoms. The van der Waals surface area contributed by atoms with E-state index in [-0.39, 0.29) is 0 Å². The van der Waals surface area contributed by atoms with Crippen LogP contribution in [0.15, 0.2) is 36.4 Å². The first-order chi connectivity index (χ1) is 9.62. The van der Waals surface area contributed by atoms with Crippen molar-refractivity contribution in [3.8, 4) is 11.5 Å². The maximum atomic E-state index is 5.36. The van der Waals surface area contributed by atoms with Gasteiger partial charge in [-0.15, -0.1) is 0 Å². The minimum Gasteiger partial charge on any atom is -0.497 e. The van der Waals surface area contributed by atoms with Gasteiger partial charge >= 0.3 is 0 Å². The monoisotopic (exact) mass is 271 g/mol. The number of rotatable bonds is 5. The summed E-state index contributed by atoms with van der Waals surface area (Å²) in [6, 6.07) is 12.3. The Morgan fingerprint density at radius 1 is 0.900 bits per heavy atom. The number of methoxy groups -OCH3 is 2. The average Bonchev–Trinajstić information content (AvgIpc) is 2.43. The predicted octanol–water partition coefficient (Wildman–Crippen LogP) is 3.93. The van der Waals surface area contributed by atoms with Crippen LogP contribution >= 0.6 is 0 Å². The molecule has 0 heterocycles. The van der Waals surface area contributed by atoms with Crippen LogP contribution in [-0.4, -0.2) is 14.2 Å². The van der Waals surface area contributed by atoms with Crippen molar-refractivity contribution >= 4 is 5.69 Å². The van der Waals surface area contributed by atoms with E-state index in [1.54, 1.807) is 14.2 Å². The van der Waals surface area contributed by atoms with E-state index in [0.29, 0.717) is 0 Å². The van der Waals surface area contributed by atoms with Crippen LogP contribution < -0.4 is 14.8 Å². The highest BCUT2D eigenvalue weighted by Crippen LogP contribution is 2.29. The second kappa shape index (κ2) is 6.33. The first kappa shape index (κ1) is 14.3. The molecule has 1 N–H and O–H groups in total. The zero-order valence-electron chi connectivity index (χ0n) is 12.5. The maximum absolute atomic E-state index is 5.36. The van der Waals surface area contributed by atoms with Crippen LogP contribution in [0, 0.1) is 13.8 Å². The Morgan fingerprint density at radius 2 is 1.60 bits per heavy atom. The van der Waals surface area contributed by atoms with E-state index in [1.807, 2.05) is 18.2 Å². The van der Waals surface area contributed by atoms with Gasteiger partial charge in [-0.3, -0.25) is 0 Å². The Morgan fingerprint density at radius 3 is 2.20 bits per heavy atom. The van der Waals surface area contributed by atoms with Crippen molar-refractivity contribution in [1.29, 1.82) is 0 Å². The highest BCUT2D eigenvalue weighted by Gasteiger charge is 2.05. The number of hydrogen-bond donors (Lipinski definition) is 1. The molecule has 2 aromatic rings. The predicted molar refractivity (Wildman–Crippen MR) is 82.8 cm³/mol. The minimum atomic E-state index is 0.756. The summed E-state index contributed by atoms with van der Waals surface area (Å²) in [5, 5.41) is 3.40. The lowest BCUT2D eigenvalue weighted by atomic mass is 10.1. The third-order valence-electron chi connectivity index (χ3n) is 3.17. The topological polar surface area (TPSA) is 30.5 Å². The summed E-state index contributed by atoms with van der Waals surface area (Å²) in [7, 11) is 3.33. The fourth-order valence-electron chi connectivity index (χ4n) is 2.32. The average molecular weight is 271 g/mol. The first-order valence-electron chi connectivity index (χ1n) is 6.65. The molecule has 0 amide bonds. The maximum Gasteiger partial charge on any atom is 0.142 e.